The van der Waals surface area contributed by atoms with Crippen molar-refractivity contribution in [2.75, 3.05) is 35.5 Å². The van der Waals surface area contributed by atoms with Crippen molar-refractivity contribution in [2.24, 2.45) is 4.99 Å². The van der Waals surface area contributed by atoms with Crippen molar-refractivity contribution in [1.82, 2.24) is 10.6 Å². The molecule has 0 unspecified atom stereocenters. The minimum Gasteiger partial charge on any atom is -0.497 e. The Morgan fingerprint density at radius 1 is 0.844 bits per heavy atom. The molecule has 0 aliphatic carbocycles. The molecule has 11 heteroatoms. The molecule has 0 fully saturated rings. The van der Waals surface area contributed by atoms with Crippen LogP contribution in [0.3, 0.4) is 0 Å². The highest BCUT2D eigenvalue weighted by atomic mass is 127. The molecule has 2 aromatic carbocycles. The highest BCUT2D eigenvalue weighted by Crippen LogP contribution is 2.39. The second kappa shape index (κ2) is 13.7. The summed E-state index contributed by atoms with van der Waals surface area (Å²) < 4.78 is 51.3. The quantitative estimate of drug-likeness (QED) is 0.257. The minimum atomic E-state index is -2.93. The summed E-state index contributed by atoms with van der Waals surface area (Å²) in [5.41, 5.74) is 1.30. The first kappa shape index (κ1) is 27.3. The third-order valence-corrected chi connectivity index (χ3v) is 4.39. The van der Waals surface area contributed by atoms with Crippen LogP contribution in [0.25, 0.3) is 0 Å². The molecule has 2 aromatic rings. The highest BCUT2D eigenvalue weighted by molar-refractivity contribution is 14.0. The first-order valence-corrected chi connectivity index (χ1v) is 9.31. The number of alkyl halides is 2. The normalized spacial score (nSPS) is 10.8. The Bertz CT molecular complexity index is 900. The molecule has 0 amide bonds. The van der Waals surface area contributed by atoms with E-state index >= 15 is 0 Å². The summed E-state index contributed by atoms with van der Waals surface area (Å²) >= 11 is 0. The Morgan fingerprint density at radius 2 is 1.47 bits per heavy atom. The van der Waals surface area contributed by atoms with E-state index in [0.717, 1.165) is 5.56 Å². The zero-order chi connectivity index (χ0) is 22.8. The summed E-state index contributed by atoms with van der Waals surface area (Å²) in [6.45, 7) is -2.38. The van der Waals surface area contributed by atoms with Crippen molar-refractivity contribution in [3.8, 4) is 28.7 Å². The highest BCUT2D eigenvalue weighted by Gasteiger charge is 2.16. The average molecular weight is 567 g/mol. The summed E-state index contributed by atoms with van der Waals surface area (Å²) in [6.07, 6.45) is 0. The van der Waals surface area contributed by atoms with Gasteiger partial charge in [0.15, 0.2) is 17.5 Å². The zero-order valence-electron chi connectivity index (χ0n) is 18.5. The molecule has 0 saturated carbocycles. The molecule has 0 atom stereocenters. The van der Waals surface area contributed by atoms with Crippen molar-refractivity contribution in [1.29, 1.82) is 0 Å². The molecule has 178 valence electrons. The van der Waals surface area contributed by atoms with Crippen molar-refractivity contribution in [3.63, 3.8) is 0 Å². The number of hydrogen-bond donors (Lipinski definition) is 2. The van der Waals surface area contributed by atoms with Crippen LogP contribution in [0.15, 0.2) is 35.3 Å². The summed E-state index contributed by atoms with van der Waals surface area (Å²) in [5, 5.41) is 6.22. The lowest BCUT2D eigenvalue weighted by Gasteiger charge is -2.18. The smallest absolute Gasteiger partial charge is 0.387 e. The third kappa shape index (κ3) is 7.18. The summed E-state index contributed by atoms with van der Waals surface area (Å²) in [7, 11) is 7.72. The number of benzene rings is 2. The van der Waals surface area contributed by atoms with Gasteiger partial charge in [0.05, 0.1) is 28.4 Å². The van der Waals surface area contributed by atoms with E-state index in [2.05, 4.69) is 20.4 Å². The van der Waals surface area contributed by atoms with E-state index in [1.807, 2.05) is 6.07 Å². The second-order valence-electron chi connectivity index (χ2n) is 6.12. The number of methoxy groups -OCH3 is 4. The molecule has 0 heterocycles. The molecule has 0 spiro atoms. The second-order valence-corrected chi connectivity index (χ2v) is 6.12. The first-order chi connectivity index (χ1) is 15.0. The lowest BCUT2D eigenvalue weighted by Crippen LogP contribution is -2.36. The molecule has 0 bridgehead atoms. The fraction of sp³-hybridized carbons (Fsp3) is 0.381. The topological polar surface area (TPSA) is 82.6 Å². The van der Waals surface area contributed by atoms with Gasteiger partial charge >= 0.3 is 6.61 Å². The maximum absolute atomic E-state index is 12.7. The molecular formula is C21H28F2IN3O5. The predicted molar refractivity (Wildman–Crippen MR) is 128 cm³/mol. The van der Waals surface area contributed by atoms with Gasteiger partial charge < -0.3 is 34.3 Å². The maximum Gasteiger partial charge on any atom is 0.387 e. The summed E-state index contributed by atoms with van der Waals surface area (Å²) in [6, 6.07) is 8.23. The molecule has 2 N–H and O–H groups in total. The lowest BCUT2D eigenvalue weighted by molar-refractivity contribution is -0.0505. The van der Waals surface area contributed by atoms with E-state index in [0.29, 0.717) is 41.1 Å². The van der Waals surface area contributed by atoms with E-state index in [1.165, 1.54) is 20.3 Å². The van der Waals surface area contributed by atoms with Gasteiger partial charge in [0.25, 0.3) is 0 Å². The van der Waals surface area contributed by atoms with Crippen molar-refractivity contribution >= 4 is 29.9 Å². The third-order valence-electron chi connectivity index (χ3n) is 4.39. The van der Waals surface area contributed by atoms with Gasteiger partial charge in [-0.2, -0.15) is 8.78 Å². The number of nitrogens with one attached hydrogen (secondary N) is 2. The minimum absolute atomic E-state index is 0. The number of halogens is 3. The van der Waals surface area contributed by atoms with Crippen LogP contribution in [-0.2, 0) is 13.1 Å². The summed E-state index contributed by atoms with van der Waals surface area (Å²) in [5.74, 6) is 2.59. The van der Waals surface area contributed by atoms with Gasteiger partial charge in [0.2, 0.25) is 5.75 Å². The van der Waals surface area contributed by atoms with Gasteiger partial charge in [0, 0.05) is 31.3 Å². The molecule has 0 aliphatic rings. The number of aliphatic imine (C=N–C) groups is 1. The Hall–Kier alpha value is -2.70. The zero-order valence-corrected chi connectivity index (χ0v) is 20.9. The number of guanidine groups is 1. The molecule has 32 heavy (non-hydrogen) atoms. The Morgan fingerprint density at radius 3 is 2.00 bits per heavy atom. The van der Waals surface area contributed by atoms with Gasteiger partial charge in [-0.05, 0) is 30.3 Å². The predicted octanol–water partition coefficient (Wildman–Crippen LogP) is 3.81. The van der Waals surface area contributed by atoms with Gasteiger partial charge in [-0.25, -0.2) is 0 Å². The van der Waals surface area contributed by atoms with E-state index in [4.69, 9.17) is 18.9 Å². The fourth-order valence-corrected chi connectivity index (χ4v) is 2.91. The van der Waals surface area contributed by atoms with E-state index in [-0.39, 0.29) is 36.3 Å². The molecule has 0 radical (unpaired) electrons. The molecule has 8 nitrogen and oxygen atoms in total. The van der Waals surface area contributed by atoms with Gasteiger partial charge in [-0.3, -0.25) is 4.99 Å². The lowest BCUT2D eigenvalue weighted by atomic mass is 10.1. The van der Waals surface area contributed by atoms with Crippen LogP contribution < -0.4 is 34.3 Å². The van der Waals surface area contributed by atoms with Crippen molar-refractivity contribution < 1.29 is 32.5 Å². The maximum atomic E-state index is 12.7. The monoisotopic (exact) mass is 567 g/mol. The van der Waals surface area contributed by atoms with Crippen molar-refractivity contribution in [2.45, 2.75) is 19.7 Å². The Labute approximate surface area is 203 Å². The van der Waals surface area contributed by atoms with Crippen LogP contribution in [-0.4, -0.2) is 48.1 Å². The average Bonchev–Trinajstić information content (AvgIpc) is 2.78. The van der Waals surface area contributed by atoms with Gasteiger partial charge in [0.1, 0.15) is 11.5 Å². The Balaban J connectivity index is 0.00000512. The van der Waals surface area contributed by atoms with Crippen LogP contribution in [0.5, 0.6) is 28.7 Å². The SMILES string of the molecule is CN=C(NCc1cc(OC)ccc1OC(F)F)NCc1ccc(OC)c(OC)c1OC.I. The van der Waals surface area contributed by atoms with E-state index in [1.54, 1.807) is 39.5 Å². The molecule has 2 rings (SSSR count). The van der Waals surface area contributed by atoms with Crippen molar-refractivity contribution in [3.05, 3.63) is 41.5 Å². The van der Waals surface area contributed by atoms with Crippen LogP contribution in [0.2, 0.25) is 0 Å². The molecule has 0 aliphatic heterocycles. The van der Waals surface area contributed by atoms with E-state index < -0.39 is 6.61 Å². The fourth-order valence-electron chi connectivity index (χ4n) is 2.91. The standard InChI is InChI=1S/C21H27F2N3O5.HI/c1-24-21(25-11-13-6-8-17(28-3)19(30-5)18(13)29-4)26-12-14-10-15(27-2)7-9-16(14)31-20(22)23;/h6-10,20H,11-12H2,1-5H3,(H2,24,25,26);1H. The van der Waals surface area contributed by atoms with Crippen LogP contribution in [0.1, 0.15) is 11.1 Å². The van der Waals surface area contributed by atoms with Crippen LogP contribution >= 0.6 is 24.0 Å². The largest absolute Gasteiger partial charge is 0.497 e. The van der Waals surface area contributed by atoms with Crippen LogP contribution in [0, 0.1) is 0 Å². The molecular weight excluding hydrogens is 539 g/mol. The number of hydrogen-bond acceptors (Lipinski definition) is 6. The Kier molecular flexibility index (Phi) is 11.7. The first-order valence-electron chi connectivity index (χ1n) is 9.31. The van der Waals surface area contributed by atoms with E-state index in [9.17, 15) is 8.78 Å². The summed E-state index contributed by atoms with van der Waals surface area (Å²) in [4.78, 5) is 4.16. The number of rotatable bonds is 10. The van der Waals surface area contributed by atoms with Gasteiger partial charge in [-0.1, -0.05) is 0 Å². The molecule has 0 aromatic heterocycles. The van der Waals surface area contributed by atoms with Crippen LogP contribution in [0.4, 0.5) is 8.78 Å². The molecule has 0 saturated heterocycles. The number of nitrogens with zero attached hydrogens (tertiary/aromatic N) is 1. The van der Waals surface area contributed by atoms with Gasteiger partial charge in [-0.15, -0.1) is 24.0 Å². The number of ether oxygens (including phenoxy) is 5.